The van der Waals surface area contributed by atoms with E-state index in [2.05, 4.69) is 23.3 Å². The quantitative estimate of drug-likeness (QED) is 0.623. The maximum Gasteiger partial charge on any atom is 0.160 e. The number of Topliss-reactive ketones (excluding diaryl/α,β-unsaturated/α-hetero) is 1. The molecule has 4 rings (SSSR count). The number of allylic oxidation sites excluding steroid dienone is 1. The van der Waals surface area contributed by atoms with Gasteiger partial charge in [0.2, 0.25) is 0 Å². The summed E-state index contributed by atoms with van der Waals surface area (Å²) in [6, 6.07) is 0.125. The number of ketones is 1. The topological polar surface area (TPSA) is 38.7 Å². The van der Waals surface area contributed by atoms with Gasteiger partial charge in [-0.25, -0.2) is 0 Å². The summed E-state index contributed by atoms with van der Waals surface area (Å²) in [6.07, 6.45) is 9.81. The van der Waals surface area contributed by atoms with E-state index in [1.807, 2.05) is 6.92 Å². The lowest BCUT2D eigenvalue weighted by Gasteiger charge is -2.35. The first-order chi connectivity index (χ1) is 11.1. The van der Waals surface area contributed by atoms with Crippen LogP contribution in [0.1, 0.15) is 58.3 Å². The molecule has 3 heterocycles. The van der Waals surface area contributed by atoms with E-state index >= 15 is 0 Å². The van der Waals surface area contributed by atoms with Crippen molar-refractivity contribution >= 4 is 23.3 Å². The van der Waals surface area contributed by atoms with Crippen molar-refractivity contribution in [3.05, 3.63) is 12.2 Å². The molecule has 4 aliphatic rings. The fraction of sp³-hybridized carbons (Fsp3) is 0.789. The second kappa shape index (κ2) is 7.98. The van der Waals surface area contributed by atoms with E-state index < -0.39 is 0 Å². The van der Waals surface area contributed by atoms with Crippen molar-refractivity contribution in [1.82, 2.24) is 0 Å². The fourth-order valence-electron chi connectivity index (χ4n) is 4.11. The van der Waals surface area contributed by atoms with Gasteiger partial charge in [0.25, 0.3) is 0 Å². The Labute approximate surface area is 144 Å². The second-order valence-corrected chi connectivity index (χ2v) is 8.71. The van der Waals surface area contributed by atoms with Gasteiger partial charge in [-0.15, -0.1) is 0 Å². The van der Waals surface area contributed by atoms with E-state index in [-0.39, 0.29) is 17.9 Å². The molecule has 3 nitrogen and oxygen atoms in total. The van der Waals surface area contributed by atoms with Crippen molar-refractivity contribution in [3.63, 3.8) is 0 Å². The minimum absolute atomic E-state index is 0.125. The Balaban J connectivity index is 0.000000136. The van der Waals surface area contributed by atoms with E-state index in [9.17, 15) is 4.79 Å². The molecule has 2 saturated heterocycles. The average Bonchev–Trinajstić information content (AvgIpc) is 2.55. The summed E-state index contributed by atoms with van der Waals surface area (Å²) in [5.41, 5.74) is 2.67. The third kappa shape index (κ3) is 4.69. The van der Waals surface area contributed by atoms with Crippen molar-refractivity contribution in [2.75, 3.05) is 12.4 Å². The first kappa shape index (κ1) is 17.2. The van der Waals surface area contributed by atoms with Gasteiger partial charge >= 0.3 is 0 Å². The molecular weight excluding hydrogens is 306 g/mol. The molecule has 1 aliphatic carbocycles. The van der Waals surface area contributed by atoms with Crippen molar-refractivity contribution in [2.45, 2.75) is 75.7 Å². The zero-order valence-electron chi connectivity index (χ0n) is 14.3. The van der Waals surface area contributed by atoms with E-state index in [1.165, 1.54) is 43.4 Å². The van der Waals surface area contributed by atoms with E-state index in [1.54, 1.807) is 0 Å². The van der Waals surface area contributed by atoms with E-state index in [0.29, 0.717) is 13.0 Å². The Morgan fingerprint density at radius 1 is 1.22 bits per heavy atom. The number of aliphatic imine (C=N–C) groups is 1. The molecule has 1 saturated carbocycles. The van der Waals surface area contributed by atoms with Gasteiger partial charge in [0, 0.05) is 17.4 Å². The number of carbonyl (C=O) groups excluding carboxylic acids is 1. The molecule has 23 heavy (non-hydrogen) atoms. The largest absolute Gasteiger partial charge is 0.368 e. The molecule has 4 unspecified atom stereocenters. The zero-order chi connectivity index (χ0) is 16.2. The summed E-state index contributed by atoms with van der Waals surface area (Å²) < 4.78 is 5.39. The predicted molar refractivity (Wildman–Crippen MR) is 97.5 cm³/mol. The maximum atomic E-state index is 11.0. The van der Waals surface area contributed by atoms with Crippen LogP contribution in [0.25, 0.3) is 0 Å². The molecule has 3 aliphatic heterocycles. The normalized spacial score (nSPS) is 37.0. The monoisotopic (exact) mass is 335 g/mol. The summed E-state index contributed by atoms with van der Waals surface area (Å²) in [6.45, 7) is 6.42. The Morgan fingerprint density at radius 3 is 2.96 bits per heavy atom. The molecule has 0 aromatic heterocycles. The maximum absolute atomic E-state index is 11.0. The van der Waals surface area contributed by atoms with Crippen molar-refractivity contribution in [3.8, 4) is 0 Å². The number of hydrogen-bond donors (Lipinski definition) is 0. The number of nitrogens with zero attached hydrogens (tertiary/aromatic N) is 1. The number of fused-ring (bicyclic) bond motifs is 2. The summed E-state index contributed by atoms with van der Waals surface area (Å²) in [5, 5.41) is 0.995. The molecule has 0 aromatic rings. The molecule has 0 spiro atoms. The number of carbonyl (C=O) groups is 1. The standard InChI is InChI=1S/C10H16S.C9H13NO2/c1-8-4-5-10-9(7-8)3-2-6-11-10;1-6-2-3-9-8(10-6)4-7(11)5-12-9/h9-10H,1-7H2;8-9H,2-5H2,1H3. The van der Waals surface area contributed by atoms with E-state index in [4.69, 9.17) is 4.74 Å². The highest BCUT2D eigenvalue weighted by Gasteiger charge is 2.32. The van der Waals surface area contributed by atoms with Crippen LogP contribution >= 0.6 is 11.8 Å². The summed E-state index contributed by atoms with van der Waals surface area (Å²) >= 11 is 2.21. The first-order valence-corrected chi connectivity index (χ1v) is 10.1. The molecule has 0 amide bonds. The third-order valence-corrected chi connectivity index (χ3v) is 6.98. The van der Waals surface area contributed by atoms with Gasteiger partial charge in [0.15, 0.2) is 5.78 Å². The van der Waals surface area contributed by atoms with Gasteiger partial charge in [-0.1, -0.05) is 12.2 Å². The van der Waals surface area contributed by atoms with Crippen LogP contribution in [-0.2, 0) is 9.53 Å². The molecule has 4 heteroatoms. The van der Waals surface area contributed by atoms with Crippen molar-refractivity contribution < 1.29 is 9.53 Å². The molecular formula is C19H29NO2S. The van der Waals surface area contributed by atoms with Gasteiger partial charge in [0.1, 0.15) is 6.61 Å². The van der Waals surface area contributed by atoms with Gasteiger partial charge in [-0.3, -0.25) is 9.79 Å². The predicted octanol–water partition coefficient (Wildman–Crippen LogP) is 4.21. The number of thioether (sulfide) groups is 1. The third-order valence-electron chi connectivity index (χ3n) is 5.41. The van der Waals surface area contributed by atoms with Crippen LogP contribution in [0.3, 0.4) is 0 Å². The molecule has 3 fully saturated rings. The molecule has 0 aromatic carbocycles. The van der Waals surface area contributed by atoms with Crippen LogP contribution in [0.15, 0.2) is 17.1 Å². The number of rotatable bonds is 0. The highest BCUT2D eigenvalue weighted by Crippen LogP contribution is 2.41. The molecule has 0 radical (unpaired) electrons. The summed E-state index contributed by atoms with van der Waals surface area (Å²) in [5.74, 6) is 2.60. The lowest BCUT2D eigenvalue weighted by molar-refractivity contribution is -0.132. The zero-order valence-corrected chi connectivity index (χ0v) is 15.1. The molecule has 0 bridgehead atoms. The first-order valence-electron chi connectivity index (χ1n) is 9.06. The van der Waals surface area contributed by atoms with Crippen LogP contribution < -0.4 is 0 Å². The number of hydrogen-bond acceptors (Lipinski definition) is 4. The lowest BCUT2D eigenvalue weighted by Crippen LogP contribution is -2.40. The Morgan fingerprint density at radius 2 is 2.09 bits per heavy atom. The van der Waals surface area contributed by atoms with Crippen LogP contribution in [-0.4, -0.2) is 41.3 Å². The Bertz CT molecular complexity index is 488. The van der Waals surface area contributed by atoms with Crippen molar-refractivity contribution in [2.24, 2.45) is 10.9 Å². The summed E-state index contributed by atoms with van der Waals surface area (Å²) in [7, 11) is 0. The van der Waals surface area contributed by atoms with Crippen LogP contribution in [0.5, 0.6) is 0 Å². The van der Waals surface area contributed by atoms with Crippen LogP contribution in [0.4, 0.5) is 0 Å². The molecule has 128 valence electrons. The highest BCUT2D eigenvalue weighted by molar-refractivity contribution is 7.99. The minimum atomic E-state index is 0.125. The van der Waals surface area contributed by atoms with Crippen molar-refractivity contribution in [1.29, 1.82) is 0 Å². The van der Waals surface area contributed by atoms with Gasteiger partial charge in [-0.05, 0) is 63.5 Å². The molecule has 4 atom stereocenters. The average molecular weight is 336 g/mol. The van der Waals surface area contributed by atoms with Gasteiger partial charge in [-0.2, -0.15) is 11.8 Å². The van der Waals surface area contributed by atoms with Gasteiger partial charge in [0.05, 0.1) is 12.1 Å². The fourth-order valence-corrected chi connectivity index (χ4v) is 5.54. The Kier molecular flexibility index (Phi) is 5.97. The smallest absolute Gasteiger partial charge is 0.160 e. The van der Waals surface area contributed by atoms with Crippen LogP contribution in [0, 0.1) is 5.92 Å². The highest BCUT2D eigenvalue weighted by atomic mass is 32.2. The number of ether oxygens (including phenoxy) is 1. The van der Waals surface area contributed by atoms with E-state index in [0.717, 1.165) is 29.7 Å². The molecule has 0 N–H and O–H groups in total. The minimum Gasteiger partial charge on any atom is -0.368 e. The van der Waals surface area contributed by atoms with Gasteiger partial charge < -0.3 is 4.74 Å². The second-order valence-electron chi connectivity index (χ2n) is 7.37. The lowest BCUT2D eigenvalue weighted by atomic mass is 9.83. The SMILES string of the molecule is C=C1CCC2SCCCC2C1.CC1=NC2CC(=O)COC2CC1. The summed E-state index contributed by atoms with van der Waals surface area (Å²) in [4.78, 5) is 15.5. The Hall–Kier alpha value is -0.610. The van der Waals surface area contributed by atoms with Crippen LogP contribution in [0.2, 0.25) is 0 Å².